The molecular weight excluding hydrogens is 352 g/mol. The molecule has 0 bridgehead atoms. The lowest BCUT2D eigenvalue weighted by atomic mass is 10.1. The quantitative estimate of drug-likeness (QED) is 0.686. The van der Waals surface area contributed by atoms with Crippen molar-refractivity contribution in [1.82, 2.24) is 0 Å². The summed E-state index contributed by atoms with van der Waals surface area (Å²) in [4.78, 5) is 0. The molecule has 0 radical (unpaired) electrons. The predicted molar refractivity (Wildman–Crippen MR) is 83.4 cm³/mol. The minimum Gasteiger partial charge on any atom is -0.508 e. The van der Waals surface area contributed by atoms with E-state index in [-0.39, 0.29) is 28.2 Å². The van der Waals surface area contributed by atoms with Crippen LogP contribution in [0.2, 0.25) is 10.0 Å². The van der Waals surface area contributed by atoms with Crippen LogP contribution in [0, 0.1) is 0 Å². The molecule has 2 aromatic carbocycles. The summed E-state index contributed by atoms with van der Waals surface area (Å²) in [5, 5.41) is 9.66. The number of phenolic OH excluding ortho intramolecular Hbond substituents is 1. The molecule has 23 heavy (non-hydrogen) atoms. The van der Waals surface area contributed by atoms with Gasteiger partial charge in [0.25, 0.3) is 0 Å². The van der Waals surface area contributed by atoms with Crippen molar-refractivity contribution in [3.63, 3.8) is 0 Å². The Kier molecular flexibility index (Phi) is 5.65. The maximum Gasteiger partial charge on any atom is 0.416 e. The number of rotatable bonds is 5. The van der Waals surface area contributed by atoms with Crippen LogP contribution in [0.15, 0.2) is 36.4 Å². The Bertz CT molecular complexity index is 664. The van der Waals surface area contributed by atoms with Crippen LogP contribution in [0.25, 0.3) is 0 Å². The van der Waals surface area contributed by atoms with Gasteiger partial charge in [0.05, 0.1) is 22.2 Å². The van der Waals surface area contributed by atoms with Crippen molar-refractivity contribution in [2.75, 3.05) is 6.61 Å². The molecule has 124 valence electrons. The first-order valence-corrected chi connectivity index (χ1v) is 7.50. The number of hydrogen-bond donors (Lipinski definition) is 1. The lowest BCUT2D eigenvalue weighted by Gasteiger charge is -2.11. The zero-order valence-electron chi connectivity index (χ0n) is 11.8. The second-order valence-electron chi connectivity index (χ2n) is 4.89. The number of aryl methyl sites for hydroxylation is 1. The van der Waals surface area contributed by atoms with Crippen LogP contribution in [0.1, 0.15) is 17.5 Å². The van der Waals surface area contributed by atoms with Crippen molar-refractivity contribution in [3.05, 3.63) is 57.6 Å². The lowest BCUT2D eigenvalue weighted by Crippen LogP contribution is -2.06. The summed E-state index contributed by atoms with van der Waals surface area (Å²) >= 11 is 11.8. The third-order valence-electron chi connectivity index (χ3n) is 3.09. The first-order valence-electron chi connectivity index (χ1n) is 6.74. The zero-order valence-corrected chi connectivity index (χ0v) is 13.3. The van der Waals surface area contributed by atoms with Gasteiger partial charge >= 0.3 is 6.18 Å². The molecule has 0 aliphatic carbocycles. The van der Waals surface area contributed by atoms with E-state index in [1.807, 2.05) is 0 Å². The van der Waals surface area contributed by atoms with Crippen molar-refractivity contribution in [2.24, 2.45) is 0 Å². The van der Waals surface area contributed by atoms with Gasteiger partial charge in [-0.15, -0.1) is 0 Å². The number of aromatic hydroxyl groups is 1. The van der Waals surface area contributed by atoms with E-state index in [0.717, 1.165) is 12.1 Å². The molecule has 0 unspecified atom stereocenters. The van der Waals surface area contributed by atoms with E-state index in [1.54, 1.807) is 6.07 Å². The van der Waals surface area contributed by atoms with Gasteiger partial charge in [0.1, 0.15) is 5.75 Å². The average molecular weight is 365 g/mol. The van der Waals surface area contributed by atoms with Crippen molar-refractivity contribution in [2.45, 2.75) is 19.0 Å². The van der Waals surface area contributed by atoms with Crippen molar-refractivity contribution < 1.29 is 23.0 Å². The van der Waals surface area contributed by atoms with Gasteiger partial charge in [-0.2, -0.15) is 13.2 Å². The molecular formula is C16H13Cl2F3O2. The minimum atomic E-state index is -4.35. The summed E-state index contributed by atoms with van der Waals surface area (Å²) in [6.07, 6.45) is -3.42. The summed E-state index contributed by atoms with van der Waals surface area (Å²) in [5.74, 6) is 0.173. The molecule has 2 rings (SSSR count). The minimum absolute atomic E-state index is 0.0729. The van der Waals surface area contributed by atoms with Crippen LogP contribution in [0.4, 0.5) is 13.2 Å². The van der Waals surface area contributed by atoms with E-state index in [0.29, 0.717) is 18.4 Å². The molecule has 0 fully saturated rings. The highest BCUT2D eigenvalue weighted by Crippen LogP contribution is 2.36. The Hall–Kier alpha value is -1.59. The third kappa shape index (κ3) is 4.94. The molecule has 1 N–H and O–H groups in total. The Morgan fingerprint density at radius 2 is 1.70 bits per heavy atom. The van der Waals surface area contributed by atoms with E-state index in [2.05, 4.69) is 0 Å². The number of halogens is 5. The van der Waals surface area contributed by atoms with Crippen LogP contribution in [0.3, 0.4) is 0 Å². The van der Waals surface area contributed by atoms with Crippen molar-refractivity contribution in [3.8, 4) is 11.5 Å². The Morgan fingerprint density at radius 3 is 2.30 bits per heavy atom. The van der Waals surface area contributed by atoms with Crippen molar-refractivity contribution in [1.29, 1.82) is 0 Å². The van der Waals surface area contributed by atoms with Gasteiger partial charge in [-0.3, -0.25) is 0 Å². The number of phenols is 1. The molecule has 0 aromatic heterocycles. The molecule has 0 saturated heterocycles. The average Bonchev–Trinajstić information content (AvgIpc) is 2.45. The maximum absolute atomic E-state index is 12.6. The molecule has 2 nitrogen and oxygen atoms in total. The first kappa shape index (κ1) is 17.8. The number of benzene rings is 2. The third-order valence-corrected chi connectivity index (χ3v) is 3.66. The van der Waals surface area contributed by atoms with Crippen LogP contribution < -0.4 is 4.74 Å². The second kappa shape index (κ2) is 7.32. The fourth-order valence-electron chi connectivity index (χ4n) is 2.04. The van der Waals surface area contributed by atoms with E-state index < -0.39 is 11.7 Å². The first-order chi connectivity index (χ1) is 10.8. The molecule has 0 aliphatic heterocycles. The standard InChI is InChI=1S/C16H13Cl2F3O2/c17-13-8-12(22)9-14(18)15(13)23-6-2-4-10-3-1-5-11(7-10)16(19,20)21/h1,3,5,7-9,22H,2,4,6H2. The van der Waals surface area contributed by atoms with Gasteiger partial charge in [0.15, 0.2) is 5.75 Å². The van der Waals surface area contributed by atoms with E-state index in [1.165, 1.54) is 18.2 Å². The number of hydrogen-bond acceptors (Lipinski definition) is 2. The summed E-state index contributed by atoms with van der Waals surface area (Å²) in [5.41, 5.74) is -0.0909. The van der Waals surface area contributed by atoms with Crippen LogP contribution in [-0.4, -0.2) is 11.7 Å². The molecule has 2 aromatic rings. The fourth-order valence-corrected chi connectivity index (χ4v) is 2.62. The maximum atomic E-state index is 12.6. The molecule has 0 atom stereocenters. The van der Waals surface area contributed by atoms with Crippen LogP contribution in [0.5, 0.6) is 11.5 Å². The fraction of sp³-hybridized carbons (Fsp3) is 0.250. The largest absolute Gasteiger partial charge is 0.508 e. The number of ether oxygens (including phenoxy) is 1. The Labute approximate surface area is 141 Å². The van der Waals surface area contributed by atoms with Gasteiger partial charge in [-0.1, -0.05) is 41.4 Å². The Morgan fingerprint density at radius 1 is 1.04 bits per heavy atom. The highest BCUT2D eigenvalue weighted by atomic mass is 35.5. The predicted octanol–water partition coefficient (Wildman–Crippen LogP) is 5.73. The highest BCUT2D eigenvalue weighted by Gasteiger charge is 2.30. The van der Waals surface area contributed by atoms with Gasteiger partial charge in [0.2, 0.25) is 0 Å². The van der Waals surface area contributed by atoms with Crippen LogP contribution >= 0.6 is 23.2 Å². The topological polar surface area (TPSA) is 29.5 Å². The Balaban J connectivity index is 1.91. The highest BCUT2D eigenvalue weighted by molar-refractivity contribution is 6.37. The SMILES string of the molecule is Oc1cc(Cl)c(OCCCc2cccc(C(F)(F)F)c2)c(Cl)c1. The van der Waals surface area contributed by atoms with E-state index in [9.17, 15) is 18.3 Å². The van der Waals surface area contributed by atoms with Gasteiger partial charge in [-0.05, 0) is 24.5 Å². The smallest absolute Gasteiger partial charge is 0.416 e. The lowest BCUT2D eigenvalue weighted by molar-refractivity contribution is -0.137. The summed E-state index contributed by atoms with van der Waals surface area (Å²) in [6, 6.07) is 7.78. The molecule has 7 heteroatoms. The summed E-state index contributed by atoms with van der Waals surface area (Å²) in [7, 11) is 0. The van der Waals surface area contributed by atoms with E-state index >= 15 is 0 Å². The molecule has 0 heterocycles. The van der Waals surface area contributed by atoms with Crippen LogP contribution in [-0.2, 0) is 12.6 Å². The number of alkyl halides is 3. The summed E-state index contributed by atoms with van der Waals surface area (Å²) < 4.78 is 43.3. The molecule has 0 aliphatic rings. The van der Waals surface area contributed by atoms with Gasteiger partial charge in [0, 0.05) is 12.1 Å². The molecule has 0 spiro atoms. The molecule has 0 saturated carbocycles. The molecule has 0 amide bonds. The monoisotopic (exact) mass is 364 g/mol. The zero-order chi connectivity index (χ0) is 17.0. The normalized spacial score (nSPS) is 11.5. The van der Waals surface area contributed by atoms with Gasteiger partial charge in [-0.25, -0.2) is 0 Å². The second-order valence-corrected chi connectivity index (χ2v) is 5.70. The summed E-state index contributed by atoms with van der Waals surface area (Å²) in [6.45, 7) is 0.237. The van der Waals surface area contributed by atoms with Crippen molar-refractivity contribution >= 4 is 23.2 Å². The van der Waals surface area contributed by atoms with E-state index in [4.69, 9.17) is 27.9 Å². The van der Waals surface area contributed by atoms with Gasteiger partial charge < -0.3 is 9.84 Å².